The summed E-state index contributed by atoms with van der Waals surface area (Å²) in [6, 6.07) is 0. The minimum absolute atomic E-state index is 0.280. The van der Waals surface area contributed by atoms with Gasteiger partial charge in [0.25, 0.3) is 0 Å². The Labute approximate surface area is 66.0 Å². The van der Waals surface area contributed by atoms with Gasteiger partial charge in [-0.1, -0.05) is 11.6 Å². The number of carbonyl (C=O) groups excluding carboxylic acids is 1. The maximum atomic E-state index is 10.9. The van der Waals surface area contributed by atoms with E-state index in [0.717, 1.165) is 0 Å². The lowest BCUT2D eigenvalue weighted by atomic mass is 10.1. The third-order valence-corrected chi connectivity index (χ3v) is 1.70. The Morgan fingerprint density at radius 1 is 1.82 bits per heavy atom. The summed E-state index contributed by atoms with van der Waals surface area (Å²) in [6.07, 6.45) is 2.25. The fraction of sp³-hybridized carbons (Fsp3) is 0.625. The molecule has 1 heterocycles. The van der Waals surface area contributed by atoms with Crippen LogP contribution < -0.4 is 0 Å². The van der Waals surface area contributed by atoms with Gasteiger partial charge in [0.1, 0.15) is 0 Å². The van der Waals surface area contributed by atoms with Crippen molar-refractivity contribution in [3.8, 4) is 0 Å². The average molecular weight is 156 g/mol. The molecule has 0 aromatic carbocycles. The first kappa shape index (κ1) is 8.27. The summed E-state index contributed by atoms with van der Waals surface area (Å²) < 4.78 is 9.70. The minimum Gasteiger partial charge on any atom is -0.467 e. The van der Waals surface area contributed by atoms with Crippen molar-refractivity contribution < 1.29 is 14.3 Å². The second kappa shape index (κ2) is 3.53. The van der Waals surface area contributed by atoms with Crippen LogP contribution in [-0.2, 0) is 14.3 Å². The molecular formula is C8H12O3. The predicted octanol–water partition coefficient (Wildman–Crippen LogP) is 0.895. The molecule has 62 valence electrons. The summed E-state index contributed by atoms with van der Waals surface area (Å²) in [5, 5.41) is 0. The van der Waals surface area contributed by atoms with Gasteiger partial charge in [-0.25, -0.2) is 4.79 Å². The van der Waals surface area contributed by atoms with Crippen molar-refractivity contribution in [2.45, 2.75) is 19.4 Å². The highest BCUT2D eigenvalue weighted by Crippen LogP contribution is 2.14. The van der Waals surface area contributed by atoms with E-state index in [-0.39, 0.29) is 12.1 Å². The van der Waals surface area contributed by atoms with Crippen LogP contribution in [0.3, 0.4) is 0 Å². The second-order valence-corrected chi connectivity index (χ2v) is 2.60. The van der Waals surface area contributed by atoms with Crippen molar-refractivity contribution in [1.82, 2.24) is 0 Å². The van der Waals surface area contributed by atoms with Crippen LogP contribution >= 0.6 is 0 Å². The molecule has 1 aliphatic heterocycles. The molecule has 1 atom stereocenters. The maximum Gasteiger partial charge on any atom is 0.335 e. The highest BCUT2D eigenvalue weighted by molar-refractivity contribution is 5.75. The molecule has 0 saturated heterocycles. The van der Waals surface area contributed by atoms with E-state index < -0.39 is 0 Å². The van der Waals surface area contributed by atoms with E-state index in [1.165, 1.54) is 12.7 Å². The van der Waals surface area contributed by atoms with Crippen LogP contribution in [0.5, 0.6) is 0 Å². The predicted molar refractivity (Wildman–Crippen MR) is 40.1 cm³/mol. The summed E-state index contributed by atoms with van der Waals surface area (Å²) in [5.74, 6) is -0.280. The van der Waals surface area contributed by atoms with Crippen LogP contribution in [0.15, 0.2) is 11.6 Å². The molecule has 1 aliphatic rings. The third-order valence-electron chi connectivity index (χ3n) is 1.70. The molecule has 0 bridgehead atoms. The summed E-state index contributed by atoms with van der Waals surface area (Å²) in [6.45, 7) is 2.50. The van der Waals surface area contributed by atoms with Gasteiger partial charge in [-0.05, 0) is 6.92 Å². The average Bonchev–Trinajstić information content (AvgIpc) is 2.03. The number of hydrogen-bond acceptors (Lipinski definition) is 3. The first-order chi connectivity index (χ1) is 5.24. The fourth-order valence-corrected chi connectivity index (χ4v) is 1.02. The van der Waals surface area contributed by atoms with E-state index >= 15 is 0 Å². The second-order valence-electron chi connectivity index (χ2n) is 2.60. The minimum atomic E-state index is -0.384. The van der Waals surface area contributed by atoms with Crippen molar-refractivity contribution in [1.29, 1.82) is 0 Å². The zero-order valence-corrected chi connectivity index (χ0v) is 6.79. The normalized spacial score (nSPS) is 24.2. The molecule has 0 saturated carbocycles. The number of carbonyl (C=O) groups is 1. The van der Waals surface area contributed by atoms with Gasteiger partial charge in [0.2, 0.25) is 0 Å². The standard InChI is InChI=1S/C8H12O3/c1-6-3-4-11-7(5-6)8(9)10-2/h3,7H,4-5H2,1-2H3/t7-/m1/s1. The SMILES string of the molecule is COC(=O)[C@H]1CC(C)=CCO1. The molecule has 0 spiro atoms. The number of hydrogen-bond donors (Lipinski definition) is 0. The Bertz CT molecular complexity index is 184. The van der Waals surface area contributed by atoms with Crippen LogP contribution in [0.25, 0.3) is 0 Å². The molecule has 0 aromatic rings. The van der Waals surface area contributed by atoms with Gasteiger partial charge < -0.3 is 9.47 Å². The molecule has 3 nitrogen and oxygen atoms in total. The highest BCUT2D eigenvalue weighted by Gasteiger charge is 2.22. The zero-order chi connectivity index (χ0) is 8.27. The van der Waals surface area contributed by atoms with E-state index in [2.05, 4.69) is 4.74 Å². The van der Waals surface area contributed by atoms with Crippen LogP contribution in [0.2, 0.25) is 0 Å². The topological polar surface area (TPSA) is 35.5 Å². The van der Waals surface area contributed by atoms with Crippen molar-refractivity contribution in [3.05, 3.63) is 11.6 Å². The summed E-state index contributed by atoms with van der Waals surface area (Å²) in [7, 11) is 1.37. The molecule has 0 amide bonds. The van der Waals surface area contributed by atoms with E-state index in [1.54, 1.807) is 0 Å². The Kier molecular flexibility index (Phi) is 2.65. The summed E-state index contributed by atoms with van der Waals surface area (Å²) in [4.78, 5) is 10.9. The van der Waals surface area contributed by atoms with E-state index in [4.69, 9.17) is 4.74 Å². The zero-order valence-electron chi connectivity index (χ0n) is 6.79. The van der Waals surface area contributed by atoms with Gasteiger partial charge in [0.15, 0.2) is 6.10 Å². The van der Waals surface area contributed by atoms with Gasteiger partial charge in [0.05, 0.1) is 13.7 Å². The Morgan fingerprint density at radius 2 is 2.55 bits per heavy atom. The van der Waals surface area contributed by atoms with Crippen molar-refractivity contribution in [3.63, 3.8) is 0 Å². The first-order valence-electron chi connectivity index (χ1n) is 3.59. The lowest BCUT2D eigenvalue weighted by molar-refractivity contribution is -0.153. The van der Waals surface area contributed by atoms with Gasteiger partial charge in [-0.2, -0.15) is 0 Å². The molecule has 0 aromatic heterocycles. The van der Waals surface area contributed by atoms with Crippen molar-refractivity contribution in [2.75, 3.05) is 13.7 Å². The lowest BCUT2D eigenvalue weighted by Gasteiger charge is -2.18. The molecule has 0 fully saturated rings. The number of methoxy groups -OCH3 is 1. The Morgan fingerprint density at radius 3 is 3.09 bits per heavy atom. The van der Waals surface area contributed by atoms with Crippen molar-refractivity contribution in [2.24, 2.45) is 0 Å². The van der Waals surface area contributed by atoms with Crippen LogP contribution in [0.4, 0.5) is 0 Å². The van der Waals surface area contributed by atoms with Gasteiger partial charge in [0, 0.05) is 6.42 Å². The van der Waals surface area contributed by atoms with Crippen LogP contribution in [0, 0.1) is 0 Å². The van der Waals surface area contributed by atoms with E-state index in [1.807, 2.05) is 13.0 Å². The van der Waals surface area contributed by atoms with Crippen molar-refractivity contribution >= 4 is 5.97 Å². The summed E-state index contributed by atoms with van der Waals surface area (Å²) in [5.41, 5.74) is 1.19. The molecule has 11 heavy (non-hydrogen) atoms. The highest BCUT2D eigenvalue weighted by atomic mass is 16.6. The van der Waals surface area contributed by atoms with Gasteiger partial charge in [-0.15, -0.1) is 0 Å². The van der Waals surface area contributed by atoms with Crippen LogP contribution in [-0.4, -0.2) is 25.8 Å². The molecule has 0 radical (unpaired) electrons. The monoisotopic (exact) mass is 156 g/mol. The number of rotatable bonds is 1. The molecule has 0 aliphatic carbocycles. The first-order valence-corrected chi connectivity index (χ1v) is 3.59. The molecule has 0 N–H and O–H groups in total. The molecular weight excluding hydrogens is 144 g/mol. The van der Waals surface area contributed by atoms with E-state index in [0.29, 0.717) is 13.0 Å². The molecule has 3 heteroatoms. The van der Waals surface area contributed by atoms with E-state index in [9.17, 15) is 4.79 Å². The number of ether oxygens (including phenoxy) is 2. The molecule has 0 unspecified atom stereocenters. The third kappa shape index (κ3) is 2.05. The van der Waals surface area contributed by atoms with Gasteiger partial charge in [-0.3, -0.25) is 0 Å². The Hall–Kier alpha value is -0.830. The smallest absolute Gasteiger partial charge is 0.335 e. The fourth-order valence-electron chi connectivity index (χ4n) is 1.02. The lowest BCUT2D eigenvalue weighted by Crippen LogP contribution is -2.28. The van der Waals surface area contributed by atoms with Gasteiger partial charge >= 0.3 is 5.97 Å². The largest absolute Gasteiger partial charge is 0.467 e. The Balaban J connectivity index is 2.50. The van der Waals surface area contributed by atoms with Crippen LogP contribution in [0.1, 0.15) is 13.3 Å². The summed E-state index contributed by atoms with van der Waals surface area (Å²) >= 11 is 0. The number of esters is 1. The molecule has 1 rings (SSSR count). The quantitative estimate of drug-likeness (QED) is 0.418. The maximum absolute atomic E-state index is 10.9.